The topological polar surface area (TPSA) is 85.0 Å². The molecule has 0 unspecified atom stereocenters. The van der Waals surface area contributed by atoms with Gasteiger partial charge in [0.2, 0.25) is 0 Å². The van der Waals surface area contributed by atoms with Gasteiger partial charge in [-0.1, -0.05) is 23.9 Å². The number of thioether (sulfide) groups is 1. The first-order chi connectivity index (χ1) is 13.4. The molecule has 0 aliphatic carbocycles. The summed E-state index contributed by atoms with van der Waals surface area (Å²) in [7, 11) is 0. The number of hydrogen-bond acceptors (Lipinski definition) is 6. The van der Waals surface area contributed by atoms with Gasteiger partial charge in [-0.05, 0) is 43.7 Å². The van der Waals surface area contributed by atoms with Crippen molar-refractivity contribution >= 4 is 28.5 Å². The Morgan fingerprint density at radius 1 is 1.21 bits per heavy atom. The van der Waals surface area contributed by atoms with E-state index in [2.05, 4.69) is 4.99 Å². The molecule has 0 bridgehead atoms. The molecule has 146 valence electrons. The normalized spacial score (nSPS) is 13.5. The molecule has 1 amide bonds. The van der Waals surface area contributed by atoms with Crippen molar-refractivity contribution in [2.24, 2.45) is 4.99 Å². The van der Waals surface area contributed by atoms with E-state index >= 15 is 0 Å². The fourth-order valence-corrected chi connectivity index (χ4v) is 3.71. The van der Waals surface area contributed by atoms with E-state index in [4.69, 9.17) is 4.74 Å². The fourth-order valence-electron chi connectivity index (χ4n) is 2.70. The summed E-state index contributed by atoms with van der Waals surface area (Å²) >= 11 is 1.45. The van der Waals surface area contributed by atoms with Gasteiger partial charge in [-0.25, -0.2) is 0 Å². The van der Waals surface area contributed by atoms with Gasteiger partial charge < -0.3 is 4.74 Å². The van der Waals surface area contributed by atoms with E-state index in [9.17, 15) is 14.9 Å². The molecule has 0 radical (unpaired) electrons. The summed E-state index contributed by atoms with van der Waals surface area (Å²) < 4.78 is 5.61. The van der Waals surface area contributed by atoms with Gasteiger partial charge in [0.25, 0.3) is 11.6 Å². The highest BCUT2D eigenvalue weighted by molar-refractivity contribution is 8.13. The van der Waals surface area contributed by atoms with E-state index in [1.165, 1.54) is 23.9 Å². The van der Waals surface area contributed by atoms with Crippen LogP contribution >= 0.6 is 11.8 Å². The predicted molar refractivity (Wildman–Crippen MR) is 110 cm³/mol. The molecule has 0 spiro atoms. The van der Waals surface area contributed by atoms with Crippen LogP contribution in [0.25, 0.3) is 0 Å². The Morgan fingerprint density at radius 2 is 1.89 bits per heavy atom. The molecule has 8 heteroatoms. The van der Waals surface area contributed by atoms with Gasteiger partial charge in [0, 0.05) is 30.0 Å². The fraction of sp³-hybridized carbons (Fsp3) is 0.300. The quantitative estimate of drug-likeness (QED) is 0.539. The Labute approximate surface area is 167 Å². The number of carbonyl (C=O) groups is 1. The average Bonchev–Trinajstić information content (AvgIpc) is 3.15. The number of amidine groups is 1. The molecule has 2 aromatic rings. The van der Waals surface area contributed by atoms with Crippen LogP contribution in [-0.4, -0.2) is 40.1 Å². The minimum Gasteiger partial charge on any atom is -0.491 e. The second-order valence-electron chi connectivity index (χ2n) is 6.52. The molecule has 0 atom stereocenters. The van der Waals surface area contributed by atoms with Crippen LogP contribution in [0.15, 0.2) is 53.5 Å². The molecule has 28 heavy (non-hydrogen) atoms. The lowest BCUT2D eigenvalue weighted by Crippen LogP contribution is -2.32. The molecule has 1 aliphatic heterocycles. The highest BCUT2D eigenvalue weighted by Crippen LogP contribution is 2.23. The monoisotopic (exact) mass is 399 g/mol. The number of benzene rings is 2. The van der Waals surface area contributed by atoms with Crippen LogP contribution < -0.4 is 4.74 Å². The van der Waals surface area contributed by atoms with Crippen molar-refractivity contribution in [3.05, 3.63) is 69.8 Å². The number of carbonyl (C=O) groups excluding carboxylic acids is 1. The Kier molecular flexibility index (Phi) is 6.30. The summed E-state index contributed by atoms with van der Waals surface area (Å²) in [6, 6.07) is 13.5. The minimum absolute atomic E-state index is 0.0636. The Morgan fingerprint density at radius 3 is 2.50 bits per heavy atom. The van der Waals surface area contributed by atoms with Crippen molar-refractivity contribution < 1.29 is 14.5 Å². The minimum atomic E-state index is -0.421. The number of hydrogen-bond donors (Lipinski definition) is 0. The van der Waals surface area contributed by atoms with Crippen molar-refractivity contribution in [3.8, 4) is 5.75 Å². The van der Waals surface area contributed by atoms with Gasteiger partial charge in [0.05, 0.1) is 17.6 Å². The van der Waals surface area contributed by atoms with Gasteiger partial charge in [0.15, 0.2) is 5.17 Å². The zero-order chi connectivity index (χ0) is 20.1. The first kappa shape index (κ1) is 19.9. The maximum Gasteiger partial charge on any atom is 0.269 e. The second kappa shape index (κ2) is 8.88. The summed E-state index contributed by atoms with van der Waals surface area (Å²) in [6.45, 7) is 5.02. The molecule has 0 fully saturated rings. The van der Waals surface area contributed by atoms with Gasteiger partial charge in [-0.3, -0.25) is 24.8 Å². The van der Waals surface area contributed by atoms with Crippen LogP contribution in [0.5, 0.6) is 5.75 Å². The van der Waals surface area contributed by atoms with Crippen LogP contribution in [0, 0.1) is 10.1 Å². The zero-order valence-corrected chi connectivity index (χ0v) is 16.5. The average molecular weight is 399 g/mol. The lowest BCUT2D eigenvalue weighted by molar-refractivity contribution is -0.384. The summed E-state index contributed by atoms with van der Waals surface area (Å²) in [6.07, 6.45) is 0.0784. The molecule has 0 saturated heterocycles. The molecular weight excluding hydrogens is 378 g/mol. The smallest absolute Gasteiger partial charge is 0.269 e. The van der Waals surface area contributed by atoms with E-state index in [1.54, 1.807) is 41.3 Å². The van der Waals surface area contributed by atoms with Crippen LogP contribution in [0.1, 0.15) is 29.8 Å². The second-order valence-corrected chi connectivity index (χ2v) is 7.47. The van der Waals surface area contributed by atoms with E-state index in [0.29, 0.717) is 29.6 Å². The summed E-state index contributed by atoms with van der Waals surface area (Å²) in [5.41, 5.74) is 1.59. The number of aliphatic imine (C=N–C) groups is 1. The van der Waals surface area contributed by atoms with Crippen molar-refractivity contribution in [2.45, 2.75) is 25.7 Å². The number of nitro benzene ring substituents is 1. The molecule has 0 saturated carbocycles. The molecule has 3 rings (SSSR count). The first-order valence-electron chi connectivity index (χ1n) is 8.93. The number of nitrogens with zero attached hydrogens (tertiary/aromatic N) is 3. The number of rotatable bonds is 6. The molecule has 0 aromatic heterocycles. The third-order valence-electron chi connectivity index (χ3n) is 4.03. The Bertz CT molecular complexity index is 879. The van der Waals surface area contributed by atoms with E-state index in [1.807, 2.05) is 13.8 Å². The van der Waals surface area contributed by atoms with Crippen molar-refractivity contribution in [1.82, 2.24) is 4.90 Å². The number of ether oxygens (including phenoxy) is 1. The van der Waals surface area contributed by atoms with Crippen molar-refractivity contribution in [1.29, 1.82) is 0 Å². The molecule has 7 nitrogen and oxygen atoms in total. The number of nitro groups is 1. The number of amides is 1. The molecule has 2 aromatic carbocycles. The van der Waals surface area contributed by atoms with Gasteiger partial charge in [0.1, 0.15) is 5.75 Å². The van der Waals surface area contributed by atoms with Crippen LogP contribution in [-0.2, 0) is 5.75 Å². The van der Waals surface area contributed by atoms with E-state index in [-0.39, 0.29) is 17.7 Å². The standard InChI is InChI=1S/C20H21N3O4S/c1-14(2)27-18-9-5-16(6-10-18)19(24)22-12-11-21-20(22)28-13-15-3-7-17(8-4-15)23(25)26/h3-10,14H,11-13H2,1-2H3. The van der Waals surface area contributed by atoms with Gasteiger partial charge in [-0.2, -0.15) is 0 Å². The van der Waals surface area contributed by atoms with Gasteiger partial charge in [-0.15, -0.1) is 0 Å². The van der Waals surface area contributed by atoms with Gasteiger partial charge >= 0.3 is 0 Å². The van der Waals surface area contributed by atoms with Crippen LogP contribution in [0.4, 0.5) is 5.69 Å². The molecular formula is C20H21N3O4S. The summed E-state index contributed by atoms with van der Waals surface area (Å²) in [4.78, 5) is 29.3. The zero-order valence-electron chi connectivity index (χ0n) is 15.7. The Hall–Kier alpha value is -2.87. The highest BCUT2D eigenvalue weighted by atomic mass is 32.2. The Balaban J connectivity index is 1.62. The predicted octanol–water partition coefficient (Wildman–Crippen LogP) is 4.13. The first-order valence-corrected chi connectivity index (χ1v) is 9.92. The summed E-state index contributed by atoms with van der Waals surface area (Å²) in [5, 5.41) is 11.4. The number of non-ortho nitro benzene ring substituents is 1. The SMILES string of the molecule is CC(C)Oc1ccc(C(=O)N2CCN=C2SCc2ccc([N+](=O)[O-])cc2)cc1. The van der Waals surface area contributed by atoms with Crippen molar-refractivity contribution in [3.63, 3.8) is 0 Å². The van der Waals surface area contributed by atoms with E-state index < -0.39 is 4.92 Å². The lowest BCUT2D eigenvalue weighted by atomic mass is 10.2. The highest BCUT2D eigenvalue weighted by Gasteiger charge is 2.25. The molecule has 1 heterocycles. The van der Waals surface area contributed by atoms with E-state index in [0.717, 1.165) is 11.3 Å². The lowest BCUT2D eigenvalue weighted by Gasteiger charge is -2.18. The van der Waals surface area contributed by atoms with Crippen LogP contribution in [0.3, 0.4) is 0 Å². The third kappa shape index (κ3) is 4.89. The third-order valence-corrected chi connectivity index (χ3v) is 5.12. The van der Waals surface area contributed by atoms with Crippen molar-refractivity contribution in [2.75, 3.05) is 13.1 Å². The largest absolute Gasteiger partial charge is 0.491 e. The molecule has 0 N–H and O–H groups in total. The van der Waals surface area contributed by atoms with Crippen LogP contribution in [0.2, 0.25) is 0 Å². The maximum absolute atomic E-state index is 12.8. The molecule has 1 aliphatic rings. The summed E-state index contributed by atoms with van der Waals surface area (Å²) in [5.74, 6) is 1.22. The maximum atomic E-state index is 12.8.